The number of carbonyl (C=O) groups excluding carboxylic acids is 1. The van der Waals surface area contributed by atoms with Gasteiger partial charge in [-0.3, -0.25) is 14.9 Å². The zero-order chi connectivity index (χ0) is 17.1. The van der Waals surface area contributed by atoms with Gasteiger partial charge in [-0.2, -0.15) is 5.10 Å². The predicted molar refractivity (Wildman–Crippen MR) is 88.7 cm³/mol. The summed E-state index contributed by atoms with van der Waals surface area (Å²) in [6.07, 6.45) is 3.44. The average molecular weight is 324 g/mol. The van der Waals surface area contributed by atoms with Gasteiger partial charge in [0.25, 0.3) is 5.91 Å². The SMILES string of the molecule is C[C@H](c1cccnc1)N(C)C(=O)c1cc(-c2ccc(F)cc2)n[nH]1. The molecule has 0 aliphatic heterocycles. The molecule has 122 valence electrons. The molecule has 3 aromatic rings. The zero-order valence-electron chi connectivity index (χ0n) is 13.4. The summed E-state index contributed by atoms with van der Waals surface area (Å²) in [4.78, 5) is 18.3. The predicted octanol–water partition coefficient (Wildman–Crippen LogP) is 3.44. The first-order valence-corrected chi connectivity index (χ1v) is 7.54. The standard InChI is InChI=1S/C18H17FN4O/c1-12(14-4-3-9-20-11-14)23(2)18(24)17-10-16(21-22-17)13-5-7-15(19)8-6-13/h3-12H,1-2H3,(H,21,22)/t12-/m1/s1. The third-order valence-electron chi connectivity index (χ3n) is 4.02. The summed E-state index contributed by atoms with van der Waals surface area (Å²) in [6, 6.07) is 11.3. The van der Waals surface area contributed by atoms with E-state index in [0.717, 1.165) is 11.1 Å². The van der Waals surface area contributed by atoms with Crippen LogP contribution >= 0.6 is 0 Å². The summed E-state index contributed by atoms with van der Waals surface area (Å²) >= 11 is 0. The van der Waals surface area contributed by atoms with E-state index < -0.39 is 0 Å². The van der Waals surface area contributed by atoms with Crippen molar-refractivity contribution in [1.29, 1.82) is 0 Å². The quantitative estimate of drug-likeness (QED) is 0.799. The van der Waals surface area contributed by atoms with E-state index in [0.29, 0.717) is 11.4 Å². The molecule has 1 aromatic carbocycles. The largest absolute Gasteiger partial charge is 0.334 e. The van der Waals surface area contributed by atoms with Crippen molar-refractivity contribution in [3.05, 3.63) is 71.9 Å². The first-order chi connectivity index (χ1) is 11.6. The van der Waals surface area contributed by atoms with Crippen molar-refractivity contribution in [2.24, 2.45) is 0 Å². The monoisotopic (exact) mass is 324 g/mol. The minimum absolute atomic E-state index is 0.122. The lowest BCUT2D eigenvalue weighted by Gasteiger charge is -2.24. The van der Waals surface area contributed by atoms with E-state index in [-0.39, 0.29) is 17.8 Å². The van der Waals surface area contributed by atoms with Gasteiger partial charge in [0.05, 0.1) is 11.7 Å². The van der Waals surface area contributed by atoms with Crippen LogP contribution in [0.4, 0.5) is 4.39 Å². The molecule has 0 spiro atoms. The molecular weight excluding hydrogens is 307 g/mol. The van der Waals surface area contributed by atoms with Crippen molar-refractivity contribution in [1.82, 2.24) is 20.1 Å². The minimum Gasteiger partial charge on any atom is -0.334 e. The van der Waals surface area contributed by atoms with Crippen LogP contribution in [-0.4, -0.2) is 33.0 Å². The molecule has 0 radical (unpaired) electrons. The second-order valence-corrected chi connectivity index (χ2v) is 5.55. The van der Waals surface area contributed by atoms with Crippen molar-refractivity contribution in [3.8, 4) is 11.3 Å². The van der Waals surface area contributed by atoms with Crippen molar-refractivity contribution < 1.29 is 9.18 Å². The Hall–Kier alpha value is -3.02. The van der Waals surface area contributed by atoms with E-state index in [4.69, 9.17) is 0 Å². The van der Waals surface area contributed by atoms with Gasteiger partial charge in [-0.05, 0) is 48.9 Å². The van der Waals surface area contributed by atoms with Gasteiger partial charge in [-0.25, -0.2) is 4.39 Å². The highest BCUT2D eigenvalue weighted by atomic mass is 19.1. The van der Waals surface area contributed by atoms with E-state index in [1.165, 1.54) is 12.1 Å². The number of halogens is 1. The number of carbonyl (C=O) groups is 1. The van der Waals surface area contributed by atoms with E-state index >= 15 is 0 Å². The number of nitrogens with one attached hydrogen (secondary N) is 1. The molecule has 0 saturated heterocycles. The van der Waals surface area contributed by atoms with Crippen LogP contribution in [0.25, 0.3) is 11.3 Å². The number of amides is 1. The average Bonchev–Trinajstić information content (AvgIpc) is 3.11. The second kappa shape index (κ2) is 6.62. The fourth-order valence-corrected chi connectivity index (χ4v) is 2.41. The smallest absolute Gasteiger partial charge is 0.272 e. The molecule has 0 aliphatic carbocycles. The minimum atomic E-state index is -0.310. The number of hydrogen-bond acceptors (Lipinski definition) is 3. The van der Waals surface area contributed by atoms with Crippen molar-refractivity contribution in [3.63, 3.8) is 0 Å². The van der Waals surface area contributed by atoms with Crippen molar-refractivity contribution in [2.45, 2.75) is 13.0 Å². The Morgan fingerprint density at radius 1 is 1.25 bits per heavy atom. The lowest BCUT2D eigenvalue weighted by Crippen LogP contribution is -2.30. The fraction of sp³-hybridized carbons (Fsp3) is 0.167. The molecule has 0 fully saturated rings. The van der Waals surface area contributed by atoms with Crippen molar-refractivity contribution >= 4 is 5.91 Å². The molecule has 0 aliphatic rings. The first-order valence-electron chi connectivity index (χ1n) is 7.54. The number of H-pyrrole nitrogens is 1. The maximum Gasteiger partial charge on any atom is 0.272 e. The van der Waals surface area contributed by atoms with E-state index in [2.05, 4.69) is 15.2 Å². The van der Waals surface area contributed by atoms with Gasteiger partial charge in [-0.1, -0.05) is 6.07 Å². The highest BCUT2D eigenvalue weighted by Crippen LogP contribution is 2.22. The van der Waals surface area contributed by atoms with Gasteiger partial charge in [0.1, 0.15) is 11.5 Å². The lowest BCUT2D eigenvalue weighted by atomic mass is 10.1. The zero-order valence-corrected chi connectivity index (χ0v) is 13.4. The summed E-state index contributed by atoms with van der Waals surface area (Å²) in [7, 11) is 1.73. The topological polar surface area (TPSA) is 61.9 Å². The Labute approximate surface area is 139 Å². The van der Waals surface area contributed by atoms with E-state index in [1.807, 2.05) is 19.1 Å². The molecule has 0 bridgehead atoms. The van der Waals surface area contributed by atoms with E-state index in [9.17, 15) is 9.18 Å². The second-order valence-electron chi connectivity index (χ2n) is 5.55. The summed E-state index contributed by atoms with van der Waals surface area (Å²) in [6.45, 7) is 1.94. The maximum absolute atomic E-state index is 13.0. The van der Waals surface area contributed by atoms with Crippen LogP contribution in [0.2, 0.25) is 0 Å². The number of nitrogens with zero attached hydrogens (tertiary/aromatic N) is 3. The molecule has 1 atom stereocenters. The molecule has 2 heterocycles. The van der Waals surface area contributed by atoms with Crippen LogP contribution in [-0.2, 0) is 0 Å². The molecule has 5 nitrogen and oxygen atoms in total. The van der Waals surface area contributed by atoms with Gasteiger partial charge in [0, 0.05) is 25.0 Å². The summed E-state index contributed by atoms with van der Waals surface area (Å²) in [5.41, 5.74) is 2.68. The van der Waals surface area contributed by atoms with Gasteiger partial charge in [0.2, 0.25) is 0 Å². The highest BCUT2D eigenvalue weighted by molar-refractivity contribution is 5.93. The Bertz CT molecular complexity index is 830. The molecular formula is C18H17FN4O. The summed E-state index contributed by atoms with van der Waals surface area (Å²) in [5.74, 6) is -0.483. The highest BCUT2D eigenvalue weighted by Gasteiger charge is 2.21. The molecule has 6 heteroatoms. The third-order valence-corrected chi connectivity index (χ3v) is 4.02. The Kier molecular flexibility index (Phi) is 4.37. The normalized spacial score (nSPS) is 12.0. The van der Waals surface area contributed by atoms with Gasteiger partial charge >= 0.3 is 0 Å². The molecule has 1 amide bonds. The van der Waals surface area contributed by atoms with Crippen LogP contribution in [0.3, 0.4) is 0 Å². The van der Waals surface area contributed by atoms with Crippen LogP contribution in [0.15, 0.2) is 54.9 Å². The Morgan fingerprint density at radius 2 is 2.00 bits per heavy atom. The third kappa shape index (κ3) is 3.17. The van der Waals surface area contributed by atoms with Crippen LogP contribution < -0.4 is 0 Å². The molecule has 0 unspecified atom stereocenters. The number of rotatable bonds is 4. The number of aromatic amines is 1. The molecule has 0 saturated carbocycles. The fourth-order valence-electron chi connectivity index (χ4n) is 2.41. The lowest BCUT2D eigenvalue weighted by molar-refractivity contribution is 0.0736. The maximum atomic E-state index is 13.0. The van der Waals surface area contributed by atoms with Crippen LogP contribution in [0, 0.1) is 5.82 Å². The van der Waals surface area contributed by atoms with Crippen LogP contribution in [0.5, 0.6) is 0 Å². The Balaban J connectivity index is 1.79. The number of hydrogen-bond donors (Lipinski definition) is 1. The van der Waals surface area contributed by atoms with Gasteiger partial charge in [0.15, 0.2) is 0 Å². The Morgan fingerprint density at radius 3 is 2.67 bits per heavy atom. The molecule has 2 aromatic heterocycles. The summed E-state index contributed by atoms with van der Waals surface area (Å²) in [5, 5.41) is 6.90. The molecule has 1 N–H and O–H groups in total. The molecule has 24 heavy (non-hydrogen) atoms. The number of pyridine rings is 1. The molecule has 3 rings (SSSR count). The van der Waals surface area contributed by atoms with Crippen molar-refractivity contribution in [2.75, 3.05) is 7.05 Å². The summed E-state index contributed by atoms with van der Waals surface area (Å²) < 4.78 is 13.0. The van der Waals surface area contributed by atoms with E-state index in [1.54, 1.807) is 42.5 Å². The van der Waals surface area contributed by atoms with Crippen LogP contribution in [0.1, 0.15) is 29.0 Å². The number of benzene rings is 1. The first kappa shape index (κ1) is 15.9. The number of aromatic nitrogens is 3. The van der Waals surface area contributed by atoms with Gasteiger partial charge < -0.3 is 4.90 Å². The van der Waals surface area contributed by atoms with Gasteiger partial charge in [-0.15, -0.1) is 0 Å².